The molecule has 0 saturated heterocycles. The number of fused-ring (bicyclic) bond motifs is 14. The lowest BCUT2D eigenvalue weighted by molar-refractivity contribution is -0.143. The van der Waals surface area contributed by atoms with Crippen LogP contribution in [-0.4, -0.2) is 112 Å². The maximum Gasteiger partial charge on any atom is 0.330 e. The number of nitrogens with zero attached hydrogens (tertiary/aromatic N) is 1. The maximum atomic E-state index is 16.0. The fourth-order valence-electron chi connectivity index (χ4n) is 12.1. The monoisotopic (exact) mass is 1370 g/mol. The lowest BCUT2D eigenvalue weighted by Crippen LogP contribution is -2.55. The highest BCUT2D eigenvalue weighted by atomic mass is 35.5. The van der Waals surface area contributed by atoms with Crippen LogP contribution in [0, 0.1) is 0 Å². The minimum Gasteiger partial charge on any atom is -0.508 e. The largest absolute Gasteiger partial charge is 0.508 e. The third-order valence-electron chi connectivity index (χ3n) is 17.3. The van der Waals surface area contributed by atoms with Crippen LogP contribution in [0.5, 0.6) is 69.0 Å². The molecule has 0 aliphatic carbocycles. The number of nitrogens with two attached hydrogens (primary N) is 1. The molecular formula is C69H68Cl2N8O18. The van der Waals surface area contributed by atoms with Gasteiger partial charge in [0.1, 0.15) is 82.6 Å². The standard InChI is InChI=1S/C69H68Cl2N8O18/c1-3-5-7-17-79(18-8-6-4-2)30-41-47(83)29-40-53(61(41)85)39-23-33(11-13-45(39)81)55-65(89)78-59(68(92)77-58(40)69(93)94)60(84)34-12-16-49(43(71)24-34)97-52-27-36-26-51(62(52)86)96-48-15-9-31(19-42(48)70)20-44-63(87)74-56(66(90)76-57(36)67(91)75-55)35-21-37(80)28-38(22-35)95-50-25-32(10-14-46(50)82)54(72)64(88)73-44/h9-16,19,21-29,44,54-60,80-86H,3-8,17-18,20,30,72H2,1-2H3,(H,73,88)(H,74,87)(H,75,91)(H,76,90)(H,77,92)(H,78,89)(H,93,94)/t44-,54-,55-,56-,57-,58-,59-,60?/m0/s1. The first kappa shape index (κ1) is 67.9. The van der Waals surface area contributed by atoms with Crippen molar-refractivity contribution < 1.29 is 88.6 Å². The third-order valence-corrected chi connectivity index (χ3v) is 17.9. The summed E-state index contributed by atoms with van der Waals surface area (Å²) in [5, 5.41) is 109. The Bertz CT molecular complexity index is 4320. The van der Waals surface area contributed by atoms with E-state index in [-0.39, 0.29) is 85.0 Å². The molecule has 6 aliphatic heterocycles. The summed E-state index contributed by atoms with van der Waals surface area (Å²) in [6.45, 7) is 5.05. The highest BCUT2D eigenvalue weighted by molar-refractivity contribution is 6.32. The van der Waals surface area contributed by atoms with Gasteiger partial charge < -0.3 is 92.7 Å². The Kier molecular flexibility index (Phi) is 19.9. The predicted molar refractivity (Wildman–Crippen MR) is 349 cm³/mol. The third kappa shape index (κ3) is 14.4. The predicted octanol–water partition coefficient (Wildman–Crippen LogP) is 8.17. The molecule has 97 heavy (non-hydrogen) atoms. The van der Waals surface area contributed by atoms with Gasteiger partial charge in [-0.2, -0.15) is 0 Å². The van der Waals surface area contributed by atoms with E-state index in [1.807, 2.05) is 18.7 Å². The number of unbranched alkanes of at least 4 members (excludes halogenated alkanes) is 4. The van der Waals surface area contributed by atoms with Crippen LogP contribution < -0.4 is 51.8 Å². The van der Waals surface area contributed by atoms with Crippen LogP contribution in [0.1, 0.15) is 133 Å². The zero-order valence-electron chi connectivity index (χ0n) is 52.0. The van der Waals surface area contributed by atoms with Crippen molar-refractivity contribution in [3.8, 4) is 80.1 Å². The number of hydrogen-bond acceptors (Lipinski definition) is 19. The molecule has 7 aromatic rings. The number of phenols is 6. The second-order valence-electron chi connectivity index (χ2n) is 24.0. The van der Waals surface area contributed by atoms with E-state index in [0.29, 0.717) is 18.7 Å². The molecule has 8 atom stereocenters. The number of nitrogens with one attached hydrogen (secondary N) is 6. The number of carboxylic acids is 1. The number of phenolic OH excluding ortho intramolecular Hbond substituents is 6. The topological polar surface area (TPSA) is 410 Å². The van der Waals surface area contributed by atoms with Crippen LogP contribution >= 0.6 is 23.2 Å². The fourth-order valence-corrected chi connectivity index (χ4v) is 12.6. The van der Waals surface area contributed by atoms with E-state index in [1.165, 1.54) is 60.7 Å². The molecule has 0 aromatic heterocycles. The first-order chi connectivity index (χ1) is 46.4. The quantitative estimate of drug-likeness (QED) is 0.0543. The number of carbonyl (C=O) groups is 7. The SMILES string of the molecule is CCCCCN(CCCCC)Cc1c(O)cc2c(c1O)-c1cc(ccc1O)[C@@H]1NC(=O)[C@H]3NC(=O)[C@H]4NC(=O)[C@H](Cc5ccc(c(Cl)c5)Oc5cc3cc(c5O)Oc3ccc(cc3Cl)C(O)[C@H](NC1=O)C(=O)N[C@@H]2C(=O)O)NC(=O)[C@@H](N)c1ccc(O)c(c1)Oc1cc(O)cc4c1. The van der Waals surface area contributed by atoms with E-state index in [2.05, 4.69) is 31.9 Å². The molecule has 6 aliphatic rings. The summed E-state index contributed by atoms with van der Waals surface area (Å²) in [5.74, 6) is -14.6. The summed E-state index contributed by atoms with van der Waals surface area (Å²) >= 11 is 13.8. The number of halogens is 2. The van der Waals surface area contributed by atoms with Crippen molar-refractivity contribution in [3.05, 3.63) is 164 Å². The Hall–Kier alpha value is -10.5. The van der Waals surface area contributed by atoms with E-state index in [1.54, 1.807) is 0 Å². The maximum absolute atomic E-state index is 16.0. The van der Waals surface area contributed by atoms with E-state index < -0.39 is 147 Å². The average Bonchev–Trinajstić information content (AvgIpc) is 0.758. The summed E-state index contributed by atoms with van der Waals surface area (Å²) in [6.07, 6.45) is 2.51. The second-order valence-corrected chi connectivity index (χ2v) is 24.9. The van der Waals surface area contributed by atoms with Crippen LogP contribution in [0.3, 0.4) is 0 Å². The van der Waals surface area contributed by atoms with Gasteiger partial charge in [0.2, 0.25) is 41.2 Å². The first-order valence-corrected chi connectivity index (χ1v) is 31.9. The molecular weight excluding hydrogens is 1300 g/mol. The Morgan fingerprint density at radius 3 is 1.75 bits per heavy atom. The summed E-state index contributed by atoms with van der Waals surface area (Å²) in [7, 11) is 0. The van der Waals surface area contributed by atoms with Crippen molar-refractivity contribution in [3.63, 3.8) is 0 Å². The van der Waals surface area contributed by atoms with Gasteiger partial charge in [0, 0.05) is 35.7 Å². The smallest absolute Gasteiger partial charge is 0.330 e. The zero-order chi connectivity index (χ0) is 69.3. The molecule has 0 fully saturated rings. The number of aliphatic hydroxyl groups is 1. The number of benzene rings is 7. The van der Waals surface area contributed by atoms with Gasteiger partial charge in [-0.3, -0.25) is 33.7 Å². The van der Waals surface area contributed by atoms with Gasteiger partial charge in [-0.25, -0.2) is 4.79 Å². The van der Waals surface area contributed by atoms with Crippen LogP contribution in [0.4, 0.5) is 0 Å². The Morgan fingerprint density at radius 2 is 1.11 bits per heavy atom. The van der Waals surface area contributed by atoms with Gasteiger partial charge in [0.05, 0.1) is 15.6 Å². The van der Waals surface area contributed by atoms with Crippen LogP contribution in [0.25, 0.3) is 11.1 Å². The highest BCUT2D eigenvalue weighted by Crippen LogP contribution is 2.49. The molecule has 0 saturated carbocycles. The Morgan fingerprint density at radius 1 is 0.536 bits per heavy atom. The van der Waals surface area contributed by atoms with Gasteiger partial charge in [0.25, 0.3) is 0 Å². The van der Waals surface area contributed by atoms with Crippen molar-refractivity contribution in [2.75, 3.05) is 13.1 Å². The summed E-state index contributed by atoms with van der Waals surface area (Å²) in [6, 6.07) is 7.77. The molecule has 1 unspecified atom stereocenters. The second kappa shape index (κ2) is 28.4. The number of carboxylic acid groups (broad SMARTS) is 1. The van der Waals surface area contributed by atoms with Crippen LogP contribution in [-0.2, 0) is 46.5 Å². The summed E-state index contributed by atoms with van der Waals surface area (Å²) < 4.78 is 18.6. The summed E-state index contributed by atoms with van der Waals surface area (Å²) in [4.78, 5) is 107. The van der Waals surface area contributed by atoms with E-state index in [9.17, 15) is 50.4 Å². The Balaban J connectivity index is 1.13. The number of aliphatic hydroxyl groups excluding tert-OH is 1. The van der Waals surface area contributed by atoms with E-state index in [4.69, 9.17) is 43.1 Å². The molecule has 16 N–H and O–H groups in total. The van der Waals surface area contributed by atoms with Crippen molar-refractivity contribution in [2.45, 2.75) is 114 Å². The molecule has 6 amide bonds. The number of aliphatic carboxylic acids is 1. The van der Waals surface area contributed by atoms with E-state index >= 15 is 24.0 Å². The lowest BCUT2D eigenvalue weighted by Gasteiger charge is -2.31. The summed E-state index contributed by atoms with van der Waals surface area (Å²) in [5.41, 5.74) is 4.52. The average molecular weight is 1370 g/mol. The minimum atomic E-state index is -2.21. The molecule has 6 heterocycles. The number of rotatable bonds is 11. The van der Waals surface area contributed by atoms with Crippen LogP contribution in [0.2, 0.25) is 10.0 Å². The molecule has 0 radical (unpaired) electrons. The lowest BCUT2D eigenvalue weighted by atomic mass is 9.88. The van der Waals surface area contributed by atoms with E-state index in [0.717, 1.165) is 87.1 Å². The Labute approximate surface area is 563 Å². The number of hydrogen-bond donors (Lipinski definition) is 15. The normalized spacial score (nSPS) is 20.9. The molecule has 506 valence electrons. The van der Waals surface area contributed by atoms with Gasteiger partial charge in [-0.05, 0) is 138 Å². The number of amides is 6. The zero-order valence-corrected chi connectivity index (χ0v) is 53.5. The van der Waals surface area contributed by atoms with Crippen LogP contribution in [0.15, 0.2) is 109 Å². The molecule has 13 rings (SSSR count). The highest BCUT2D eigenvalue weighted by Gasteiger charge is 2.42. The first-order valence-electron chi connectivity index (χ1n) is 31.2. The van der Waals surface area contributed by atoms with Gasteiger partial charge in [0.15, 0.2) is 29.0 Å². The van der Waals surface area contributed by atoms with Crippen molar-refractivity contribution in [1.29, 1.82) is 0 Å². The number of aromatic hydroxyl groups is 6. The molecule has 17 bridgehead atoms. The molecule has 0 spiro atoms. The van der Waals surface area contributed by atoms with Crippen molar-refractivity contribution in [2.24, 2.45) is 5.73 Å². The van der Waals surface area contributed by atoms with Crippen molar-refractivity contribution >= 4 is 64.6 Å². The molecule has 26 nitrogen and oxygen atoms in total. The van der Waals surface area contributed by atoms with Gasteiger partial charge in [-0.15, -0.1) is 0 Å². The fraction of sp³-hybridized carbons (Fsp3) is 0.290. The molecule has 7 aromatic carbocycles. The van der Waals surface area contributed by atoms with Gasteiger partial charge >= 0.3 is 5.97 Å². The number of ether oxygens (including phenoxy) is 3. The minimum absolute atomic E-state index is 0.0847. The van der Waals surface area contributed by atoms with Crippen molar-refractivity contribution in [1.82, 2.24) is 36.8 Å². The molecule has 28 heteroatoms. The van der Waals surface area contributed by atoms with Gasteiger partial charge in [-0.1, -0.05) is 87.0 Å². The number of carbonyl (C=O) groups excluding carboxylic acids is 6.